The van der Waals surface area contributed by atoms with Crippen molar-refractivity contribution in [2.45, 2.75) is 46.2 Å². The van der Waals surface area contributed by atoms with Crippen molar-refractivity contribution in [1.29, 1.82) is 0 Å². The first-order valence-corrected chi connectivity index (χ1v) is 9.13. The van der Waals surface area contributed by atoms with E-state index in [-0.39, 0.29) is 33.9 Å². The van der Waals surface area contributed by atoms with Gasteiger partial charge in [-0.3, -0.25) is 19.5 Å². The summed E-state index contributed by atoms with van der Waals surface area (Å²) in [7, 11) is 0. The van der Waals surface area contributed by atoms with Gasteiger partial charge in [0.2, 0.25) is 5.88 Å². The van der Waals surface area contributed by atoms with Crippen LogP contribution in [0.25, 0.3) is 5.65 Å². The lowest BCUT2D eigenvalue weighted by atomic mass is 9.96. The molecule has 3 rings (SSSR count). The summed E-state index contributed by atoms with van der Waals surface area (Å²) in [5.41, 5.74) is -1.42. The van der Waals surface area contributed by atoms with Crippen LogP contribution < -0.4 is 16.2 Å². The van der Waals surface area contributed by atoms with Crippen LogP contribution in [-0.2, 0) is 6.54 Å². The Hall–Kier alpha value is -2.56. The number of carboxylic acid groups (broad SMARTS) is 1. The van der Waals surface area contributed by atoms with Crippen LogP contribution >= 0.6 is 15.9 Å². The van der Waals surface area contributed by atoms with E-state index in [2.05, 4.69) is 31.7 Å². The highest BCUT2D eigenvalue weighted by molar-refractivity contribution is 9.10. The van der Waals surface area contributed by atoms with Crippen molar-refractivity contribution in [3.05, 3.63) is 20.4 Å². The molecule has 27 heavy (non-hydrogen) atoms. The molecule has 146 valence electrons. The fourth-order valence-corrected chi connectivity index (χ4v) is 3.25. The van der Waals surface area contributed by atoms with Gasteiger partial charge in [0.15, 0.2) is 17.0 Å². The number of rotatable bonds is 4. The normalized spacial score (nSPS) is 14.4. The van der Waals surface area contributed by atoms with Gasteiger partial charge in [0, 0.05) is 12.6 Å². The zero-order chi connectivity index (χ0) is 20.1. The van der Waals surface area contributed by atoms with Gasteiger partial charge in [0.25, 0.3) is 11.5 Å². The third-order valence-corrected chi connectivity index (χ3v) is 4.67. The molecule has 0 aromatic carbocycles. The molecule has 4 N–H and O–H groups in total. The van der Waals surface area contributed by atoms with Crippen molar-refractivity contribution >= 4 is 39.4 Å². The quantitative estimate of drug-likeness (QED) is 0.572. The highest BCUT2D eigenvalue weighted by Crippen LogP contribution is 2.32. The highest BCUT2D eigenvalue weighted by atomic mass is 79.9. The molecule has 0 radical (unpaired) electrons. The Balaban J connectivity index is 2.28. The number of carbonyl (C=O) groups is 2. The first-order valence-electron chi connectivity index (χ1n) is 8.34. The fourth-order valence-electron chi connectivity index (χ4n) is 2.69. The van der Waals surface area contributed by atoms with E-state index in [0.29, 0.717) is 0 Å². The third-order valence-electron chi connectivity index (χ3n) is 3.94. The summed E-state index contributed by atoms with van der Waals surface area (Å²) >= 11 is 3.24. The smallest absolute Gasteiger partial charge is 0.410 e. The predicted octanol–water partition coefficient (Wildman–Crippen LogP) is 1.99. The Morgan fingerprint density at radius 1 is 1.33 bits per heavy atom. The average molecular weight is 442 g/mol. The fraction of sp³-hybridized carbons (Fsp3) is 0.500. The lowest BCUT2D eigenvalue weighted by Gasteiger charge is -2.23. The molecule has 0 bridgehead atoms. The molecule has 1 saturated carbocycles. The number of hydrogen-bond donors (Lipinski definition) is 4. The molecule has 2 aromatic heterocycles. The second-order valence-electron chi connectivity index (χ2n) is 7.73. The van der Waals surface area contributed by atoms with Crippen LogP contribution in [0, 0.1) is 5.41 Å². The third kappa shape index (κ3) is 3.77. The number of nitrogens with zero attached hydrogens (tertiary/aromatic N) is 3. The van der Waals surface area contributed by atoms with Crippen molar-refractivity contribution < 1.29 is 19.8 Å². The number of anilines is 1. The van der Waals surface area contributed by atoms with Crippen LogP contribution in [0.5, 0.6) is 5.88 Å². The van der Waals surface area contributed by atoms with Gasteiger partial charge in [0.05, 0.1) is 0 Å². The van der Waals surface area contributed by atoms with Crippen LogP contribution in [0.2, 0.25) is 0 Å². The summed E-state index contributed by atoms with van der Waals surface area (Å²) in [6, 6.07) is -0.00309. The van der Waals surface area contributed by atoms with Crippen LogP contribution in [0.3, 0.4) is 0 Å². The number of aromatic nitrogens is 3. The molecule has 0 unspecified atom stereocenters. The Bertz CT molecular complexity index is 1000. The van der Waals surface area contributed by atoms with Gasteiger partial charge in [-0.2, -0.15) is 4.52 Å². The van der Waals surface area contributed by atoms with Crippen molar-refractivity contribution in [2.24, 2.45) is 5.41 Å². The Labute approximate surface area is 162 Å². The van der Waals surface area contributed by atoms with E-state index in [1.54, 1.807) is 0 Å². The van der Waals surface area contributed by atoms with Gasteiger partial charge in [-0.25, -0.2) is 4.79 Å². The van der Waals surface area contributed by atoms with Gasteiger partial charge in [0.1, 0.15) is 4.47 Å². The summed E-state index contributed by atoms with van der Waals surface area (Å²) in [5, 5.41) is 28.5. The number of fused-ring (bicyclic) bond motifs is 1. The van der Waals surface area contributed by atoms with Gasteiger partial charge in [-0.1, -0.05) is 20.8 Å². The van der Waals surface area contributed by atoms with E-state index >= 15 is 0 Å². The summed E-state index contributed by atoms with van der Waals surface area (Å²) in [6.45, 7) is 6.02. The summed E-state index contributed by atoms with van der Waals surface area (Å²) < 4.78 is 2.49. The van der Waals surface area contributed by atoms with E-state index in [1.807, 2.05) is 20.8 Å². The molecule has 1 aliphatic rings. The molecular weight excluding hydrogens is 422 g/mol. The van der Waals surface area contributed by atoms with Crippen molar-refractivity contribution in [3.8, 4) is 5.88 Å². The number of aromatic hydroxyl groups is 1. The summed E-state index contributed by atoms with van der Waals surface area (Å²) in [5.74, 6) is -1.27. The zero-order valence-corrected chi connectivity index (χ0v) is 16.6. The molecule has 2 aromatic rings. The molecule has 0 aliphatic heterocycles. The topological polar surface area (TPSA) is 138 Å². The molecule has 2 heterocycles. The van der Waals surface area contributed by atoms with Gasteiger partial charge in [-0.05, 0) is 34.2 Å². The van der Waals surface area contributed by atoms with E-state index < -0.39 is 29.0 Å². The van der Waals surface area contributed by atoms with E-state index in [9.17, 15) is 19.5 Å². The number of carbonyl (C=O) groups excluding carboxylic acids is 1. The van der Waals surface area contributed by atoms with Crippen LogP contribution in [0.1, 0.15) is 44.0 Å². The highest BCUT2D eigenvalue weighted by Gasteiger charge is 2.31. The monoisotopic (exact) mass is 441 g/mol. The number of halogens is 1. The molecule has 1 aliphatic carbocycles. The lowest BCUT2D eigenvalue weighted by Crippen LogP contribution is -2.35. The minimum Gasteiger partial charge on any atom is -0.494 e. The van der Waals surface area contributed by atoms with Crippen LogP contribution in [0.4, 0.5) is 10.6 Å². The molecular formula is C16H20BrN5O5. The Kier molecular flexibility index (Phi) is 4.66. The SMILES string of the molecule is CC(C)(C)Cn1c(O)c(C(=O)NC2CC2)c(=O)n2nc(NC(=O)O)c(Br)c12. The maximum absolute atomic E-state index is 12.8. The molecule has 11 heteroatoms. The lowest BCUT2D eigenvalue weighted by molar-refractivity contribution is 0.0944. The van der Waals surface area contributed by atoms with Gasteiger partial charge >= 0.3 is 6.09 Å². The Morgan fingerprint density at radius 3 is 2.48 bits per heavy atom. The maximum atomic E-state index is 12.8. The minimum atomic E-state index is -1.36. The molecule has 0 atom stereocenters. The van der Waals surface area contributed by atoms with Crippen molar-refractivity contribution in [1.82, 2.24) is 19.5 Å². The van der Waals surface area contributed by atoms with Gasteiger partial charge < -0.3 is 15.5 Å². The summed E-state index contributed by atoms with van der Waals surface area (Å²) in [4.78, 5) is 36.3. The zero-order valence-electron chi connectivity index (χ0n) is 15.0. The van der Waals surface area contributed by atoms with E-state index in [1.165, 1.54) is 4.57 Å². The first-order chi connectivity index (χ1) is 12.5. The first kappa shape index (κ1) is 19.2. The number of hydrogen-bond acceptors (Lipinski definition) is 5. The second-order valence-corrected chi connectivity index (χ2v) is 8.52. The summed E-state index contributed by atoms with van der Waals surface area (Å²) in [6.07, 6.45) is 0.292. The standard InChI is InChI=1S/C16H20BrN5O5/c1-16(2,3)6-21-12-9(17)10(19-15(26)27)20-22(12)14(25)8(13(21)24)11(23)18-7-4-5-7/h7,24H,4-6H2,1-3H3,(H,18,23)(H,19,20)(H,26,27). The molecule has 0 saturated heterocycles. The van der Waals surface area contributed by atoms with Crippen molar-refractivity contribution in [2.75, 3.05) is 5.32 Å². The minimum absolute atomic E-state index is 0.00309. The molecule has 2 amide bonds. The van der Waals surface area contributed by atoms with E-state index in [4.69, 9.17) is 5.11 Å². The van der Waals surface area contributed by atoms with E-state index in [0.717, 1.165) is 17.4 Å². The average Bonchev–Trinajstić information content (AvgIpc) is 3.27. The Morgan fingerprint density at radius 2 is 1.96 bits per heavy atom. The largest absolute Gasteiger partial charge is 0.494 e. The number of nitrogens with one attached hydrogen (secondary N) is 2. The van der Waals surface area contributed by atoms with Gasteiger partial charge in [-0.15, -0.1) is 5.10 Å². The van der Waals surface area contributed by atoms with Crippen molar-refractivity contribution in [3.63, 3.8) is 0 Å². The molecule has 0 spiro atoms. The number of amides is 2. The molecule has 10 nitrogen and oxygen atoms in total. The molecule has 1 fully saturated rings. The maximum Gasteiger partial charge on any atom is 0.410 e. The second kappa shape index (κ2) is 6.55. The van der Waals surface area contributed by atoms with Crippen LogP contribution in [0.15, 0.2) is 9.27 Å². The predicted molar refractivity (Wildman–Crippen MR) is 100 cm³/mol. The van der Waals surface area contributed by atoms with Crippen LogP contribution in [-0.4, -0.2) is 42.4 Å².